The number of phenolic OH excluding ortho intramolecular Hbond substituents is 1. The van der Waals surface area contributed by atoms with Crippen LogP contribution in [0.2, 0.25) is 0 Å². The third-order valence-electron chi connectivity index (χ3n) is 2.81. The van der Waals surface area contributed by atoms with Gasteiger partial charge in [0.25, 0.3) is 0 Å². The molecule has 0 bridgehead atoms. The number of rotatable bonds is 1. The van der Waals surface area contributed by atoms with Crippen molar-refractivity contribution < 1.29 is 5.11 Å². The Morgan fingerprint density at radius 2 is 2.00 bits per heavy atom. The number of benzene rings is 1. The average Bonchev–Trinajstić information content (AvgIpc) is 2.80. The largest absolute Gasteiger partial charge is 0.507 e. The Bertz CT molecular complexity index is 814. The zero-order valence-corrected chi connectivity index (χ0v) is 9.91. The highest BCUT2D eigenvalue weighted by molar-refractivity contribution is 5.68. The summed E-state index contributed by atoms with van der Waals surface area (Å²) in [6, 6.07) is 6.96. The highest BCUT2D eigenvalue weighted by Crippen LogP contribution is 2.27. The molecule has 0 radical (unpaired) electrons. The second kappa shape index (κ2) is 4.03. The number of phenols is 1. The summed E-state index contributed by atoms with van der Waals surface area (Å²) in [5, 5.41) is 9.82. The molecule has 2 aromatic heterocycles. The lowest BCUT2D eigenvalue weighted by atomic mass is 10.1. The second-order valence-electron chi connectivity index (χ2n) is 4.03. The number of fused-ring (bicyclic) bond motifs is 1. The van der Waals surface area contributed by atoms with Crippen molar-refractivity contribution in [2.24, 2.45) is 0 Å². The Morgan fingerprint density at radius 3 is 2.74 bits per heavy atom. The van der Waals surface area contributed by atoms with Crippen molar-refractivity contribution in [2.75, 3.05) is 5.73 Å². The summed E-state index contributed by atoms with van der Waals surface area (Å²) in [6.07, 6.45) is 8.78. The van der Waals surface area contributed by atoms with Crippen molar-refractivity contribution in [1.29, 1.82) is 0 Å². The lowest BCUT2D eigenvalue weighted by Crippen LogP contribution is -1.98. The van der Waals surface area contributed by atoms with Crippen LogP contribution >= 0.6 is 0 Å². The Morgan fingerprint density at radius 1 is 1.21 bits per heavy atom. The third kappa shape index (κ3) is 1.76. The molecule has 2 heterocycles. The van der Waals surface area contributed by atoms with E-state index in [0.717, 1.165) is 0 Å². The van der Waals surface area contributed by atoms with Gasteiger partial charge in [-0.15, -0.1) is 6.42 Å². The zero-order valence-electron chi connectivity index (χ0n) is 9.91. The van der Waals surface area contributed by atoms with E-state index in [-0.39, 0.29) is 11.6 Å². The number of para-hydroxylation sites is 1. The van der Waals surface area contributed by atoms with Gasteiger partial charge in [-0.2, -0.15) is 4.98 Å². The van der Waals surface area contributed by atoms with E-state index in [1.165, 1.54) is 0 Å². The number of nitrogens with zero attached hydrogens (tertiary/aromatic N) is 3. The number of hydrogen-bond acceptors (Lipinski definition) is 4. The van der Waals surface area contributed by atoms with Crippen LogP contribution in [-0.4, -0.2) is 19.5 Å². The minimum atomic E-state index is 0.163. The predicted molar refractivity (Wildman–Crippen MR) is 72.4 cm³/mol. The Balaban J connectivity index is 2.23. The second-order valence-corrected chi connectivity index (χ2v) is 4.03. The van der Waals surface area contributed by atoms with Gasteiger partial charge in [0.15, 0.2) is 0 Å². The van der Waals surface area contributed by atoms with Gasteiger partial charge in [0, 0.05) is 18.0 Å². The summed E-state index contributed by atoms with van der Waals surface area (Å²) in [6.45, 7) is 0. The molecule has 92 valence electrons. The third-order valence-corrected chi connectivity index (χ3v) is 2.81. The van der Waals surface area contributed by atoms with E-state index >= 15 is 0 Å². The van der Waals surface area contributed by atoms with Crippen LogP contribution in [0.25, 0.3) is 17.0 Å². The van der Waals surface area contributed by atoms with Crippen molar-refractivity contribution in [3.63, 3.8) is 0 Å². The molecule has 19 heavy (non-hydrogen) atoms. The van der Waals surface area contributed by atoms with Crippen molar-refractivity contribution in [2.45, 2.75) is 0 Å². The number of imidazole rings is 1. The molecule has 0 aliphatic carbocycles. The predicted octanol–water partition coefficient (Wildman–Crippen LogP) is 1.67. The molecule has 0 fully saturated rings. The molecule has 5 heteroatoms. The SMILES string of the molecule is C#Cc1cn2cc(-c3ccccc3O)nc2nc1N. The van der Waals surface area contributed by atoms with Gasteiger partial charge in [-0.3, -0.25) is 4.40 Å². The molecule has 0 amide bonds. The van der Waals surface area contributed by atoms with Crippen LogP contribution in [0.15, 0.2) is 36.7 Å². The highest BCUT2D eigenvalue weighted by Gasteiger charge is 2.10. The van der Waals surface area contributed by atoms with Crippen LogP contribution in [0.3, 0.4) is 0 Å². The quantitative estimate of drug-likeness (QED) is 0.644. The molecule has 0 spiro atoms. The van der Waals surface area contributed by atoms with E-state index < -0.39 is 0 Å². The summed E-state index contributed by atoms with van der Waals surface area (Å²) in [4.78, 5) is 8.45. The highest BCUT2D eigenvalue weighted by atomic mass is 16.3. The maximum absolute atomic E-state index is 9.82. The van der Waals surface area contributed by atoms with E-state index in [0.29, 0.717) is 22.6 Å². The van der Waals surface area contributed by atoms with Crippen LogP contribution < -0.4 is 5.73 Å². The molecule has 3 N–H and O–H groups in total. The van der Waals surface area contributed by atoms with Crippen LogP contribution in [0.1, 0.15) is 5.56 Å². The molecule has 5 nitrogen and oxygen atoms in total. The van der Waals surface area contributed by atoms with Gasteiger partial charge in [0.2, 0.25) is 5.78 Å². The minimum Gasteiger partial charge on any atom is -0.507 e. The van der Waals surface area contributed by atoms with E-state index in [1.54, 1.807) is 35.0 Å². The number of anilines is 1. The van der Waals surface area contributed by atoms with Crippen molar-refractivity contribution >= 4 is 11.6 Å². The van der Waals surface area contributed by atoms with Crippen molar-refractivity contribution in [1.82, 2.24) is 14.4 Å². The Kier molecular flexibility index (Phi) is 2.36. The van der Waals surface area contributed by atoms with E-state index in [4.69, 9.17) is 12.2 Å². The summed E-state index contributed by atoms with van der Waals surface area (Å²) in [5.41, 5.74) is 7.47. The Labute approximate surface area is 109 Å². The molecule has 3 aromatic rings. The molecule has 3 rings (SSSR count). The molecule has 0 saturated carbocycles. The molecular formula is C14H10N4O. The number of nitrogen functional groups attached to an aromatic ring is 1. The molecule has 0 aliphatic rings. The summed E-state index contributed by atoms with van der Waals surface area (Å²) in [5.74, 6) is 3.33. The number of hydrogen-bond donors (Lipinski definition) is 2. The van der Waals surface area contributed by atoms with Gasteiger partial charge in [0.1, 0.15) is 11.6 Å². The first kappa shape index (κ1) is 11.1. The lowest BCUT2D eigenvalue weighted by molar-refractivity contribution is 0.477. The normalized spacial score (nSPS) is 10.5. The number of terminal acetylenes is 1. The maximum Gasteiger partial charge on any atom is 0.236 e. The van der Waals surface area contributed by atoms with E-state index in [9.17, 15) is 5.11 Å². The van der Waals surface area contributed by atoms with Crippen LogP contribution in [-0.2, 0) is 0 Å². The molecule has 0 unspecified atom stereocenters. The fraction of sp³-hybridized carbons (Fsp3) is 0. The van der Waals surface area contributed by atoms with Gasteiger partial charge in [0.05, 0.1) is 11.3 Å². The van der Waals surface area contributed by atoms with Gasteiger partial charge >= 0.3 is 0 Å². The number of aromatic nitrogens is 3. The van der Waals surface area contributed by atoms with E-state index in [2.05, 4.69) is 15.9 Å². The molecule has 1 aromatic carbocycles. The van der Waals surface area contributed by atoms with Crippen molar-refractivity contribution in [3.05, 3.63) is 42.2 Å². The summed E-state index contributed by atoms with van der Waals surface area (Å²) < 4.78 is 1.69. The molecule has 0 saturated heterocycles. The number of aromatic hydroxyl groups is 1. The van der Waals surface area contributed by atoms with Gasteiger partial charge in [-0.25, -0.2) is 4.98 Å². The van der Waals surface area contributed by atoms with Crippen LogP contribution in [0, 0.1) is 12.3 Å². The van der Waals surface area contributed by atoms with Crippen LogP contribution in [0.5, 0.6) is 5.75 Å². The first-order valence-corrected chi connectivity index (χ1v) is 5.59. The topological polar surface area (TPSA) is 76.4 Å². The molecule has 0 atom stereocenters. The average molecular weight is 250 g/mol. The first-order chi connectivity index (χ1) is 9.19. The maximum atomic E-state index is 9.82. The first-order valence-electron chi connectivity index (χ1n) is 5.59. The fourth-order valence-corrected chi connectivity index (χ4v) is 1.87. The van der Waals surface area contributed by atoms with Crippen molar-refractivity contribution in [3.8, 4) is 29.4 Å². The summed E-state index contributed by atoms with van der Waals surface area (Å²) >= 11 is 0. The number of nitrogens with two attached hydrogens (primary N) is 1. The lowest BCUT2D eigenvalue weighted by Gasteiger charge is -1.98. The molecular weight excluding hydrogens is 240 g/mol. The minimum absolute atomic E-state index is 0.163. The van der Waals surface area contributed by atoms with Gasteiger partial charge in [-0.05, 0) is 12.1 Å². The van der Waals surface area contributed by atoms with Gasteiger partial charge < -0.3 is 10.8 Å². The zero-order chi connectivity index (χ0) is 13.4. The monoisotopic (exact) mass is 250 g/mol. The fourth-order valence-electron chi connectivity index (χ4n) is 1.87. The molecule has 0 aliphatic heterocycles. The van der Waals surface area contributed by atoms with Gasteiger partial charge in [-0.1, -0.05) is 18.1 Å². The van der Waals surface area contributed by atoms with Crippen LogP contribution in [0.4, 0.5) is 5.82 Å². The van der Waals surface area contributed by atoms with E-state index in [1.807, 2.05) is 6.07 Å². The smallest absolute Gasteiger partial charge is 0.236 e. The summed E-state index contributed by atoms with van der Waals surface area (Å²) in [7, 11) is 0. The Hall–Kier alpha value is -3.00. The standard InChI is InChI=1S/C14H10N4O/c1-2-9-7-18-8-11(16-14(18)17-13(9)15)10-5-3-4-6-12(10)19/h1,3-8,19H,(H2,15,16,17).